The van der Waals surface area contributed by atoms with E-state index in [4.69, 9.17) is 4.74 Å². The third kappa shape index (κ3) is 5.17. The highest BCUT2D eigenvalue weighted by Crippen LogP contribution is 2.35. The van der Waals surface area contributed by atoms with Crippen LogP contribution in [0.15, 0.2) is 18.2 Å². The molecule has 168 valence electrons. The van der Waals surface area contributed by atoms with Gasteiger partial charge in [-0.3, -0.25) is 9.69 Å². The van der Waals surface area contributed by atoms with E-state index in [1.54, 1.807) is 19.2 Å². The van der Waals surface area contributed by atoms with Crippen LogP contribution in [0.2, 0.25) is 0 Å². The van der Waals surface area contributed by atoms with Crippen molar-refractivity contribution in [1.82, 2.24) is 15.5 Å². The zero-order valence-electron chi connectivity index (χ0n) is 18.1. The monoisotopic (exact) mass is 429 g/mol. The Morgan fingerprint density at radius 2 is 2.16 bits per heavy atom. The molecular weight excluding hydrogens is 397 g/mol. The van der Waals surface area contributed by atoms with Crippen LogP contribution in [0.5, 0.6) is 0 Å². The first kappa shape index (κ1) is 22.0. The second-order valence-corrected chi connectivity index (χ2v) is 8.91. The Hall–Kier alpha value is -2.21. The number of nitrogens with zero attached hydrogens (tertiary/aromatic N) is 3. The van der Waals surface area contributed by atoms with Gasteiger partial charge in [0.05, 0.1) is 18.7 Å². The number of anilines is 1. The summed E-state index contributed by atoms with van der Waals surface area (Å²) in [5.74, 6) is -0.107. The number of rotatable bonds is 8. The molecule has 2 N–H and O–H groups in total. The van der Waals surface area contributed by atoms with E-state index in [0.29, 0.717) is 17.5 Å². The number of carbonyl (C=O) groups excluding carboxylic acids is 1. The molecule has 3 unspecified atom stereocenters. The fourth-order valence-electron chi connectivity index (χ4n) is 5.11. The molecule has 2 heterocycles. The minimum Gasteiger partial charge on any atom is -0.383 e. The molecule has 1 aromatic rings. The summed E-state index contributed by atoms with van der Waals surface area (Å²) in [6.45, 7) is 5.17. The molecule has 7 nitrogen and oxygen atoms in total. The Kier molecular flexibility index (Phi) is 7.06. The Morgan fingerprint density at radius 3 is 2.77 bits per heavy atom. The molecule has 31 heavy (non-hydrogen) atoms. The van der Waals surface area contributed by atoms with Gasteiger partial charge in [0.2, 0.25) is 5.91 Å². The molecule has 1 amide bonds. The summed E-state index contributed by atoms with van der Waals surface area (Å²) in [6, 6.07) is 6.80. The molecule has 0 spiro atoms. The number of halogens is 1. The fourth-order valence-corrected chi connectivity index (χ4v) is 5.11. The third-order valence-corrected chi connectivity index (χ3v) is 6.92. The summed E-state index contributed by atoms with van der Waals surface area (Å²) >= 11 is 0. The predicted octanol–water partition coefficient (Wildman–Crippen LogP) is 1.29. The van der Waals surface area contributed by atoms with Crippen molar-refractivity contribution in [3.05, 3.63) is 29.6 Å². The Labute approximate surface area is 183 Å². The van der Waals surface area contributed by atoms with E-state index in [0.717, 1.165) is 64.3 Å². The zero-order valence-corrected chi connectivity index (χ0v) is 18.1. The number of nitriles is 1. The van der Waals surface area contributed by atoms with Crippen molar-refractivity contribution in [3.8, 4) is 6.07 Å². The zero-order chi connectivity index (χ0) is 21.8. The number of ether oxygens (including phenoxy) is 1. The van der Waals surface area contributed by atoms with Crippen LogP contribution in [0, 0.1) is 23.1 Å². The molecule has 1 aliphatic carbocycles. The SMILES string of the molecule is COCCN1CCN(c2ccc(C[C@@H](C#N)NC(=O)C3NC4CCC3C4)c(F)c2)CC1. The lowest BCUT2D eigenvalue weighted by Crippen LogP contribution is -2.50. The van der Waals surface area contributed by atoms with Crippen LogP contribution in [0.4, 0.5) is 10.1 Å². The van der Waals surface area contributed by atoms with Crippen molar-refractivity contribution < 1.29 is 13.9 Å². The lowest BCUT2D eigenvalue weighted by Gasteiger charge is -2.36. The van der Waals surface area contributed by atoms with Gasteiger partial charge < -0.3 is 20.3 Å². The molecule has 3 fully saturated rings. The molecule has 2 bridgehead atoms. The minimum absolute atomic E-state index is 0.137. The summed E-state index contributed by atoms with van der Waals surface area (Å²) in [7, 11) is 1.71. The highest BCUT2D eigenvalue weighted by atomic mass is 19.1. The molecular formula is C23H32FN5O2. The van der Waals surface area contributed by atoms with Crippen molar-refractivity contribution in [2.24, 2.45) is 5.92 Å². The van der Waals surface area contributed by atoms with Gasteiger partial charge in [0, 0.05) is 58.0 Å². The van der Waals surface area contributed by atoms with Crippen molar-refractivity contribution in [3.63, 3.8) is 0 Å². The van der Waals surface area contributed by atoms with E-state index >= 15 is 0 Å². The van der Waals surface area contributed by atoms with Gasteiger partial charge in [-0.05, 0) is 42.9 Å². The van der Waals surface area contributed by atoms with Crippen molar-refractivity contribution in [2.45, 2.75) is 43.8 Å². The summed E-state index contributed by atoms with van der Waals surface area (Å²) in [4.78, 5) is 17.1. The minimum atomic E-state index is -0.738. The maximum absolute atomic E-state index is 14.8. The molecule has 4 rings (SSSR count). The molecule has 1 saturated carbocycles. The molecule has 3 aliphatic rings. The largest absolute Gasteiger partial charge is 0.383 e. The van der Waals surface area contributed by atoms with Gasteiger partial charge >= 0.3 is 0 Å². The average molecular weight is 430 g/mol. The second kappa shape index (κ2) is 9.94. The van der Waals surface area contributed by atoms with Gasteiger partial charge in [-0.1, -0.05) is 6.07 Å². The Morgan fingerprint density at radius 1 is 1.35 bits per heavy atom. The number of carbonyl (C=O) groups is 1. The first-order chi connectivity index (χ1) is 15.1. The average Bonchev–Trinajstić information content (AvgIpc) is 3.42. The van der Waals surface area contributed by atoms with Crippen LogP contribution in [0.3, 0.4) is 0 Å². The number of piperidine rings is 1. The molecule has 0 radical (unpaired) electrons. The van der Waals surface area contributed by atoms with Gasteiger partial charge in [0.25, 0.3) is 0 Å². The molecule has 8 heteroatoms. The van der Waals surface area contributed by atoms with Gasteiger partial charge in [0.15, 0.2) is 0 Å². The van der Waals surface area contributed by atoms with Gasteiger partial charge in [0.1, 0.15) is 11.9 Å². The second-order valence-electron chi connectivity index (χ2n) is 8.91. The Balaban J connectivity index is 1.31. The van der Waals surface area contributed by atoms with E-state index in [1.165, 1.54) is 0 Å². The number of hydrogen-bond donors (Lipinski definition) is 2. The van der Waals surface area contributed by atoms with E-state index < -0.39 is 6.04 Å². The van der Waals surface area contributed by atoms with Crippen LogP contribution in [0.25, 0.3) is 0 Å². The van der Waals surface area contributed by atoms with E-state index in [1.807, 2.05) is 6.07 Å². The van der Waals surface area contributed by atoms with E-state index in [9.17, 15) is 14.4 Å². The van der Waals surface area contributed by atoms with Crippen LogP contribution in [-0.4, -0.2) is 75.4 Å². The van der Waals surface area contributed by atoms with Gasteiger partial charge in [-0.15, -0.1) is 0 Å². The lowest BCUT2D eigenvalue weighted by molar-refractivity contribution is -0.124. The number of nitrogens with one attached hydrogen (secondary N) is 2. The maximum atomic E-state index is 14.8. The van der Waals surface area contributed by atoms with Crippen molar-refractivity contribution in [1.29, 1.82) is 5.26 Å². The highest BCUT2D eigenvalue weighted by Gasteiger charge is 2.43. The summed E-state index contributed by atoms with van der Waals surface area (Å²) in [5, 5.41) is 15.7. The standard InChI is InChI=1S/C23H32FN5O2/c1-31-11-10-28-6-8-29(9-7-28)20-5-3-16(21(24)14-20)12-19(15-25)27-23(30)22-17-2-4-18(13-17)26-22/h3,5,14,17-19,22,26H,2,4,6-13H2,1H3,(H,27,30)/t17?,18?,19-,22?/m0/s1. The number of benzene rings is 1. The first-order valence-corrected chi connectivity index (χ1v) is 11.3. The fraction of sp³-hybridized carbons (Fsp3) is 0.652. The molecule has 0 aromatic heterocycles. The quantitative estimate of drug-likeness (QED) is 0.648. The third-order valence-electron chi connectivity index (χ3n) is 6.92. The number of hydrogen-bond acceptors (Lipinski definition) is 6. The number of methoxy groups -OCH3 is 1. The van der Waals surface area contributed by atoms with Crippen molar-refractivity contribution in [2.75, 3.05) is 51.3 Å². The number of amides is 1. The van der Waals surface area contributed by atoms with Gasteiger partial charge in [-0.2, -0.15) is 5.26 Å². The van der Waals surface area contributed by atoms with Gasteiger partial charge in [-0.25, -0.2) is 4.39 Å². The first-order valence-electron chi connectivity index (χ1n) is 11.3. The van der Waals surface area contributed by atoms with Crippen LogP contribution < -0.4 is 15.5 Å². The smallest absolute Gasteiger partial charge is 0.238 e. The normalized spacial score (nSPS) is 26.6. The lowest BCUT2D eigenvalue weighted by atomic mass is 9.98. The topological polar surface area (TPSA) is 80.6 Å². The molecule has 1 aromatic carbocycles. The Bertz CT molecular complexity index is 821. The van der Waals surface area contributed by atoms with Crippen LogP contribution in [-0.2, 0) is 16.0 Å². The predicted molar refractivity (Wildman–Crippen MR) is 116 cm³/mol. The molecule has 4 atom stereocenters. The molecule has 2 aliphatic heterocycles. The highest BCUT2D eigenvalue weighted by molar-refractivity contribution is 5.83. The summed E-state index contributed by atoms with van der Waals surface area (Å²) < 4.78 is 20.0. The van der Waals surface area contributed by atoms with Crippen LogP contribution >= 0.6 is 0 Å². The molecule has 2 saturated heterocycles. The van der Waals surface area contributed by atoms with Crippen LogP contribution in [0.1, 0.15) is 24.8 Å². The number of piperazine rings is 1. The van der Waals surface area contributed by atoms with E-state index in [2.05, 4.69) is 26.5 Å². The summed E-state index contributed by atoms with van der Waals surface area (Å²) in [5.41, 5.74) is 1.31. The number of fused-ring (bicyclic) bond motifs is 2. The van der Waals surface area contributed by atoms with Crippen molar-refractivity contribution >= 4 is 11.6 Å². The van der Waals surface area contributed by atoms with E-state index in [-0.39, 0.29) is 24.2 Å². The summed E-state index contributed by atoms with van der Waals surface area (Å²) in [6.07, 6.45) is 3.38. The maximum Gasteiger partial charge on any atom is 0.238 e.